The van der Waals surface area contributed by atoms with Gasteiger partial charge < -0.3 is 14.8 Å². The van der Waals surface area contributed by atoms with Crippen LogP contribution >= 0.6 is 0 Å². The minimum absolute atomic E-state index is 0.172. The fourth-order valence-electron chi connectivity index (χ4n) is 1.58. The van der Waals surface area contributed by atoms with Crippen LogP contribution in [0.4, 0.5) is 4.39 Å². The van der Waals surface area contributed by atoms with Crippen molar-refractivity contribution in [3.63, 3.8) is 0 Å². The van der Waals surface area contributed by atoms with Crippen LogP contribution in [0.25, 0.3) is 0 Å². The maximum absolute atomic E-state index is 13.3. The minimum atomic E-state index is -0.397. The van der Waals surface area contributed by atoms with Gasteiger partial charge in [-0.25, -0.2) is 4.39 Å². The van der Waals surface area contributed by atoms with Crippen molar-refractivity contribution in [3.8, 4) is 11.5 Å². The van der Waals surface area contributed by atoms with E-state index in [-0.39, 0.29) is 11.4 Å². The summed E-state index contributed by atoms with van der Waals surface area (Å²) in [4.78, 5) is 0. The molecule has 1 fully saturated rings. The number of nitrogens with one attached hydrogen (secondary N) is 1. The second-order valence-electron chi connectivity index (χ2n) is 3.93. The van der Waals surface area contributed by atoms with E-state index in [9.17, 15) is 4.39 Å². The molecule has 1 aliphatic rings. The number of halogens is 1. The van der Waals surface area contributed by atoms with Gasteiger partial charge >= 0.3 is 0 Å². The second-order valence-corrected chi connectivity index (χ2v) is 3.93. The normalized spacial score (nSPS) is 18.1. The molecule has 82 valence electrons. The molecule has 0 aromatic heterocycles. The van der Waals surface area contributed by atoms with Crippen molar-refractivity contribution in [3.05, 3.63) is 24.0 Å². The van der Waals surface area contributed by atoms with Crippen LogP contribution < -0.4 is 14.8 Å². The predicted octanol–water partition coefficient (Wildman–Crippen LogP) is 1.57. The largest absolute Gasteiger partial charge is 0.490 e. The quantitative estimate of drug-likeness (QED) is 0.823. The van der Waals surface area contributed by atoms with E-state index in [0.29, 0.717) is 5.75 Å². The van der Waals surface area contributed by atoms with E-state index in [1.807, 2.05) is 6.92 Å². The van der Waals surface area contributed by atoms with Gasteiger partial charge in [-0.2, -0.15) is 0 Å². The number of benzene rings is 1. The highest BCUT2D eigenvalue weighted by molar-refractivity contribution is 5.41. The molecule has 0 spiro atoms. The Morgan fingerprint density at radius 1 is 1.40 bits per heavy atom. The summed E-state index contributed by atoms with van der Waals surface area (Å²) in [6, 6.07) is 4.68. The first-order valence-corrected chi connectivity index (χ1v) is 4.87. The minimum Gasteiger partial charge on any atom is -0.490 e. The van der Waals surface area contributed by atoms with Crippen LogP contribution in [0.3, 0.4) is 0 Å². The Morgan fingerprint density at radius 2 is 2.13 bits per heavy atom. The van der Waals surface area contributed by atoms with Gasteiger partial charge in [0.15, 0.2) is 17.3 Å². The lowest BCUT2D eigenvalue weighted by Crippen LogP contribution is -2.61. The van der Waals surface area contributed by atoms with Crippen LogP contribution in [0.15, 0.2) is 18.2 Å². The average molecular weight is 211 g/mol. The van der Waals surface area contributed by atoms with Crippen molar-refractivity contribution in [1.29, 1.82) is 0 Å². The van der Waals surface area contributed by atoms with E-state index < -0.39 is 5.82 Å². The molecule has 1 heterocycles. The molecule has 2 rings (SSSR count). The number of rotatable bonds is 3. The summed E-state index contributed by atoms with van der Waals surface area (Å²) in [7, 11) is 1.44. The molecule has 3 nitrogen and oxygen atoms in total. The van der Waals surface area contributed by atoms with Gasteiger partial charge in [0.05, 0.1) is 7.11 Å². The Kier molecular flexibility index (Phi) is 2.52. The van der Waals surface area contributed by atoms with Crippen molar-refractivity contribution in [2.45, 2.75) is 12.5 Å². The molecular formula is C11H14FNO2. The van der Waals surface area contributed by atoms with Crippen molar-refractivity contribution >= 4 is 0 Å². The molecule has 0 unspecified atom stereocenters. The molecule has 0 atom stereocenters. The molecule has 1 saturated heterocycles. The third-order valence-corrected chi connectivity index (χ3v) is 2.49. The third-order valence-electron chi connectivity index (χ3n) is 2.49. The number of hydrogen-bond acceptors (Lipinski definition) is 3. The zero-order valence-corrected chi connectivity index (χ0v) is 8.84. The van der Waals surface area contributed by atoms with Gasteiger partial charge in [0.2, 0.25) is 0 Å². The summed E-state index contributed by atoms with van der Waals surface area (Å²) < 4.78 is 24.0. The zero-order valence-electron chi connectivity index (χ0n) is 8.84. The summed E-state index contributed by atoms with van der Waals surface area (Å²) in [5, 5.41) is 3.11. The van der Waals surface area contributed by atoms with Gasteiger partial charge in [-0.05, 0) is 19.1 Å². The summed E-state index contributed by atoms with van der Waals surface area (Å²) in [6.07, 6.45) is 0. The summed E-state index contributed by atoms with van der Waals surface area (Å²) >= 11 is 0. The van der Waals surface area contributed by atoms with Gasteiger partial charge in [-0.15, -0.1) is 0 Å². The van der Waals surface area contributed by atoms with Crippen LogP contribution in [0.1, 0.15) is 6.92 Å². The monoisotopic (exact) mass is 211 g/mol. The lowest BCUT2D eigenvalue weighted by Gasteiger charge is -2.39. The van der Waals surface area contributed by atoms with E-state index in [2.05, 4.69) is 5.32 Å². The van der Waals surface area contributed by atoms with E-state index in [1.54, 1.807) is 12.1 Å². The average Bonchev–Trinajstić information content (AvgIpc) is 2.16. The maximum Gasteiger partial charge on any atom is 0.196 e. The van der Waals surface area contributed by atoms with Gasteiger partial charge in [-0.3, -0.25) is 0 Å². The van der Waals surface area contributed by atoms with Crippen LogP contribution in [0, 0.1) is 5.82 Å². The van der Waals surface area contributed by atoms with Crippen molar-refractivity contribution in [1.82, 2.24) is 5.32 Å². The number of methoxy groups -OCH3 is 1. The molecule has 15 heavy (non-hydrogen) atoms. The molecule has 0 aliphatic carbocycles. The first-order valence-electron chi connectivity index (χ1n) is 4.87. The molecule has 1 aromatic carbocycles. The molecule has 4 heteroatoms. The highest BCUT2D eigenvalue weighted by Crippen LogP contribution is 2.33. The Morgan fingerprint density at radius 3 is 2.67 bits per heavy atom. The molecular weight excluding hydrogens is 197 g/mol. The molecule has 1 N–H and O–H groups in total. The Hall–Kier alpha value is -1.29. The van der Waals surface area contributed by atoms with Crippen LogP contribution in [0.5, 0.6) is 11.5 Å². The highest BCUT2D eigenvalue weighted by Gasteiger charge is 2.34. The van der Waals surface area contributed by atoms with Crippen LogP contribution in [-0.4, -0.2) is 25.8 Å². The smallest absolute Gasteiger partial charge is 0.196 e. The van der Waals surface area contributed by atoms with Crippen LogP contribution in [-0.2, 0) is 0 Å². The fraction of sp³-hybridized carbons (Fsp3) is 0.455. The lowest BCUT2D eigenvalue weighted by molar-refractivity contribution is 0.0319. The molecule has 0 saturated carbocycles. The van der Waals surface area contributed by atoms with Gasteiger partial charge in [0.1, 0.15) is 5.60 Å². The van der Waals surface area contributed by atoms with Gasteiger partial charge in [0.25, 0.3) is 0 Å². The standard InChI is InChI=1S/C11H14FNO2/c1-11(6-13-7-11)15-9-5-3-4-8(12)10(9)14-2/h3-5,13H,6-7H2,1-2H3. The number of hydrogen-bond donors (Lipinski definition) is 1. The predicted molar refractivity (Wildman–Crippen MR) is 54.9 cm³/mol. The third kappa shape index (κ3) is 1.90. The number of ether oxygens (including phenoxy) is 2. The van der Waals surface area contributed by atoms with Gasteiger partial charge in [-0.1, -0.05) is 6.07 Å². The molecule has 0 radical (unpaired) electrons. The Labute approximate surface area is 88.2 Å². The summed E-state index contributed by atoms with van der Waals surface area (Å²) in [5.41, 5.74) is -0.249. The van der Waals surface area contributed by atoms with E-state index in [0.717, 1.165) is 13.1 Å². The van der Waals surface area contributed by atoms with Crippen molar-refractivity contribution in [2.24, 2.45) is 0 Å². The molecule has 1 aliphatic heterocycles. The molecule has 1 aromatic rings. The first-order chi connectivity index (χ1) is 7.14. The van der Waals surface area contributed by atoms with E-state index in [1.165, 1.54) is 13.2 Å². The summed E-state index contributed by atoms with van der Waals surface area (Å²) in [5.74, 6) is 0.234. The van der Waals surface area contributed by atoms with Crippen LogP contribution in [0.2, 0.25) is 0 Å². The fourth-order valence-corrected chi connectivity index (χ4v) is 1.58. The van der Waals surface area contributed by atoms with Gasteiger partial charge in [0, 0.05) is 13.1 Å². The topological polar surface area (TPSA) is 30.5 Å². The first kappa shape index (κ1) is 10.2. The molecule has 0 amide bonds. The number of para-hydroxylation sites is 1. The second kappa shape index (κ2) is 3.70. The van der Waals surface area contributed by atoms with E-state index in [4.69, 9.17) is 9.47 Å². The summed E-state index contributed by atoms with van der Waals surface area (Å²) in [6.45, 7) is 3.52. The van der Waals surface area contributed by atoms with Crippen molar-refractivity contribution < 1.29 is 13.9 Å². The zero-order chi connectivity index (χ0) is 10.9. The Balaban J connectivity index is 2.23. The maximum atomic E-state index is 13.3. The van der Waals surface area contributed by atoms with Crippen molar-refractivity contribution in [2.75, 3.05) is 20.2 Å². The highest BCUT2D eigenvalue weighted by atomic mass is 19.1. The van der Waals surface area contributed by atoms with E-state index >= 15 is 0 Å². The Bertz CT molecular complexity index is 364. The lowest BCUT2D eigenvalue weighted by atomic mass is 10.00. The SMILES string of the molecule is COc1c(F)cccc1OC1(C)CNC1. The molecule has 0 bridgehead atoms.